The van der Waals surface area contributed by atoms with Gasteiger partial charge in [0.25, 0.3) is 11.7 Å². The highest BCUT2D eigenvalue weighted by Crippen LogP contribution is 2.37. The van der Waals surface area contributed by atoms with Gasteiger partial charge in [0.05, 0.1) is 26.4 Å². The highest BCUT2D eigenvalue weighted by molar-refractivity contribution is 6.43. The molecular weight excluding hydrogens is 388 g/mol. The summed E-state index contributed by atoms with van der Waals surface area (Å²) in [6.07, 6.45) is 1.65. The molecule has 30 heavy (non-hydrogen) atoms. The highest BCUT2D eigenvalue weighted by Gasteiger charge is 2.30. The van der Waals surface area contributed by atoms with Gasteiger partial charge in [-0.1, -0.05) is 19.4 Å². The monoisotopic (exact) mass is 416 g/mol. The van der Waals surface area contributed by atoms with Crippen LogP contribution in [0.4, 0.5) is 0 Å². The molecule has 8 heteroatoms. The Morgan fingerprint density at radius 2 is 1.77 bits per heavy atom. The number of aromatic nitrogens is 1. The number of rotatable bonds is 10. The smallest absolute Gasteiger partial charge is 0.340 e. The maximum Gasteiger partial charge on any atom is 0.340 e. The summed E-state index contributed by atoms with van der Waals surface area (Å²) in [5.74, 6) is -1.15. The Morgan fingerprint density at radius 1 is 1.07 bits per heavy atom. The van der Waals surface area contributed by atoms with E-state index in [1.807, 2.05) is 6.92 Å². The molecule has 0 fully saturated rings. The summed E-state index contributed by atoms with van der Waals surface area (Å²) in [6.45, 7) is 5.92. The second-order valence-corrected chi connectivity index (χ2v) is 6.60. The zero-order valence-corrected chi connectivity index (χ0v) is 18.0. The van der Waals surface area contributed by atoms with E-state index in [2.05, 4.69) is 10.3 Å². The number of amides is 1. The van der Waals surface area contributed by atoms with E-state index in [1.54, 1.807) is 32.0 Å². The second-order valence-electron chi connectivity index (χ2n) is 6.60. The van der Waals surface area contributed by atoms with E-state index in [1.165, 1.54) is 14.2 Å². The van der Waals surface area contributed by atoms with Gasteiger partial charge in [0.1, 0.15) is 5.69 Å². The lowest BCUT2D eigenvalue weighted by Crippen LogP contribution is -2.32. The third-order valence-corrected chi connectivity index (χ3v) is 4.59. The molecule has 2 aromatic rings. The maximum atomic E-state index is 12.9. The number of esters is 1. The first-order valence-corrected chi connectivity index (χ1v) is 9.84. The maximum absolute atomic E-state index is 12.9. The van der Waals surface area contributed by atoms with Crippen molar-refractivity contribution in [2.24, 2.45) is 0 Å². The molecule has 1 heterocycles. The van der Waals surface area contributed by atoms with Gasteiger partial charge in [-0.15, -0.1) is 0 Å². The van der Waals surface area contributed by atoms with Gasteiger partial charge in [0.15, 0.2) is 11.5 Å². The molecule has 1 aromatic carbocycles. The fourth-order valence-corrected chi connectivity index (χ4v) is 3.11. The van der Waals surface area contributed by atoms with Crippen LogP contribution >= 0.6 is 0 Å². The molecule has 0 aliphatic carbocycles. The fourth-order valence-electron chi connectivity index (χ4n) is 3.11. The standard InChI is InChI=1S/C22H28N2O6/c1-6-8-11-23-21(26)20(25)19-18(17(13(3)24-19)22(27)30-7-2)14-9-10-15(28-4)16(12-14)29-5/h9-10,12,24H,6-8,11H2,1-5H3,(H,23,26). The van der Waals surface area contributed by atoms with Crippen LogP contribution in [0.25, 0.3) is 11.1 Å². The SMILES string of the molecule is CCCCNC(=O)C(=O)c1[nH]c(C)c(C(=O)OCC)c1-c1ccc(OC)c(OC)c1. The minimum Gasteiger partial charge on any atom is -0.493 e. The number of Topliss-reactive ketones (excluding diaryl/α,β-unsaturated/α-hetero) is 1. The number of carbonyl (C=O) groups is 3. The molecule has 0 saturated heterocycles. The Labute approximate surface area is 175 Å². The number of carbonyl (C=O) groups excluding carboxylic acids is 3. The van der Waals surface area contributed by atoms with Gasteiger partial charge < -0.3 is 24.5 Å². The second kappa shape index (κ2) is 10.5. The number of unbranched alkanes of at least 4 members (excludes halogenated alkanes) is 1. The predicted molar refractivity (Wildman–Crippen MR) is 112 cm³/mol. The molecule has 162 valence electrons. The first-order valence-electron chi connectivity index (χ1n) is 9.84. The first kappa shape index (κ1) is 23.0. The molecule has 2 N–H and O–H groups in total. The van der Waals surface area contributed by atoms with Gasteiger partial charge >= 0.3 is 5.97 Å². The summed E-state index contributed by atoms with van der Waals surface area (Å²) in [7, 11) is 3.00. The van der Waals surface area contributed by atoms with E-state index in [9.17, 15) is 14.4 Å². The van der Waals surface area contributed by atoms with Crippen molar-refractivity contribution in [3.63, 3.8) is 0 Å². The van der Waals surface area contributed by atoms with E-state index in [4.69, 9.17) is 14.2 Å². The van der Waals surface area contributed by atoms with Crippen molar-refractivity contribution in [1.29, 1.82) is 0 Å². The summed E-state index contributed by atoms with van der Waals surface area (Å²) in [6, 6.07) is 5.01. The summed E-state index contributed by atoms with van der Waals surface area (Å²) >= 11 is 0. The Balaban J connectivity index is 2.62. The van der Waals surface area contributed by atoms with Crippen molar-refractivity contribution >= 4 is 17.7 Å². The van der Waals surface area contributed by atoms with Gasteiger partial charge in [-0.25, -0.2) is 4.79 Å². The van der Waals surface area contributed by atoms with Crippen molar-refractivity contribution in [2.75, 3.05) is 27.4 Å². The average molecular weight is 416 g/mol. The van der Waals surface area contributed by atoms with E-state index in [-0.39, 0.29) is 17.9 Å². The summed E-state index contributed by atoms with van der Waals surface area (Å²) in [5, 5.41) is 2.62. The molecule has 2 rings (SSSR count). The van der Waals surface area contributed by atoms with E-state index >= 15 is 0 Å². The van der Waals surface area contributed by atoms with Crippen LogP contribution < -0.4 is 14.8 Å². The lowest BCUT2D eigenvalue weighted by Gasteiger charge is -2.12. The topological polar surface area (TPSA) is 107 Å². The summed E-state index contributed by atoms with van der Waals surface area (Å²) in [5.41, 5.74) is 1.47. The van der Waals surface area contributed by atoms with E-state index in [0.29, 0.717) is 34.9 Å². The van der Waals surface area contributed by atoms with E-state index in [0.717, 1.165) is 12.8 Å². The number of aryl methyl sites for hydroxylation is 1. The minimum atomic E-state index is -0.755. The molecule has 0 aliphatic rings. The van der Waals surface area contributed by atoms with Crippen molar-refractivity contribution in [2.45, 2.75) is 33.6 Å². The number of methoxy groups -OCH3 is 2. The lowest BCUT2D eigenvalue weighted by molar-refractivity contribution is -0.117. The highest BCUT2D eigenvalue weighted by atomic mass is 16.5. The Bertz CT molecular complexity index is 932. The third-order valence-electron chi connectivity index (χ3n) is 4.59. The van der Waals surface area contributed by atoms with Gasteiger partial charge in [0, 0.05) is 17.8 Å². The van der Waals surface area contributed by atoms with Gasteiger partial charge in [-0.3, -0.25) is 9.59 Å². The summed E-state index contributed by atoms with van der Waals surface area (Å²) in [4.78, 5) is 40.9. The van der Waals surface area contributed by atoms with Crippen LogP contribution in [0.15, 0.2) is 18.2 Å². The Kier molecular flexibility index (Phi) is 8.03. The molecule has 8 nitrogen and oxygen atoms in total. The van der Waals surface area contributed by atoms with Crippen molar-refractivity contribution < 1.29 is 28.6 Å². The third kappa shape index (κ3) is 4.82. The molecule has 0 radical (unpaired) electrons. The number of nitrogens with one attached hydrogen (secondary N) is 2. The first-order chi connectivity index (χ1) is 14.4. The fraction of sp³-hybridized carbons (Fsp3) is 0.409. The van der Waals surface area contributed by atoms with Crippen LogP contribution in [0.1, 0.15) is 53.2 Å². The van der Waals surface area contributed by atoms with Crippen molar-refractivity contribution in [3.05, 3.63) is 35.2 Å². The number of benzene rings is 1. The quantitative estimate of drug-likeness (QED) is 0.266. The zero-order valence-electron chi connectivity index (χ0n) is 18.0. The molecule has 1 amide bonds. The van der Waals surface area contributed by atoms with Crippen LogP contribution in [-0.2, 0) is 9.53 Å². The lowest BCUT2D eigenvalue weighted by atomic mass is 9.97. The van der Waals surface area contributed by atoms with E-state index < -0.39 is 17.7 Å². The Morgan fingerprint density at radius 3 is 2.37 bits per heavy atom. The van der Waals surface area contributed by atoms with Crippen LogP contribution in [0, 0.1) is 6.92 Å². The molecule has 1 aromatic heterocycles. The zero-order chi connectivity index (χ0) is 22.3. The molecule has 0 unspecified atom stereocenters. The molecule has 0 bridgehead atoms. The largest absolute Gasteiger partial charge is 0.493 e. The molecule has 0 saturated carbocycles. The van der Waals surface area contributed by atoms with Crippen LogP contribution in [-0.4, -0.2) is 50.0 Å². The van der Waals surface area contributed by atoms with Gasteiger partial charge in [0.2, 0.25) is 0 Å². The van der Waals surface area contributed by atoms with Crippen LogP contribution in [0.3, 0.4) is 0 Å². The number of hydrogen-bond acceptors (Lipinski definition) is 6. The number of ketones is 1. The number of hydrogen-bond donors (Lipinski definition) is 2. The van der Waals surface area contributed by atoms with Crippen molar-refractivity contribution in [1.82, 2.24) is 10.3 Å². The number of ether oxygens (including phenoxy) is 3. The molecule has 0 spiro atoms. The molecule has 0 aliphatic heterocycles. The molecular formula is C22H28N2O6. The molecule has 0 atom stereocenters. The average Bonchev–Trinajstić information content (AvgIpc) is 3.09. The summed E-state index contributed by atoms with van der Waals surface area (Å²) < 4.78 is 15.8. The number of H-pyrrole nitrogens is 1. The number of aromatic amines is 1. The minimum absolute atomic E-state index is 0.0248. The van der Waals surface area contributed by atoms with Crippen molar-refractivity contribution in [3.8, 4) is 22.6 Å². The normalized spacial score (nSPS) is 10.4. The van der Waals surface area contributed by atoms with Gasteiger partial charge in [-0.2, -0.15) is 0 Å². The van der Waals surface area contributed by atoms with Crippen LogP contribution in [0.5, 0.6) is 11.5 Å². The Hall–Kier alpha value is -3.29. The predicted octanol–water partition coefficient (Wildman–Crippen LogP) is 3.28. The van der Waals surface area contributed by atoms with Gasteiger partial charge in [-0.05, 0) is 38.0 Å². The van der Waals surface area contributed by atoms with Crippen LogP contribution in [0.2, 0.25) is 0 Å².